The molecule has 0 aliphatic rings. The number of oxazole rings is 1. The second-order valence-electron chi connectivity index (χ2n) is 9.93. The van der Waals surface area contributed by atoms with E-state index in [0.29, 0.717) is 28.9 Å². The third-order valence-corrected chi connectivity index (χ3v) is 7.38. The van der Waals surface area contributed by atoms with Crippen LogP contribution in [0.5, 0.6) is 0 Å². The summed E-state index contributed by atoms with van der Waals surface area (Å²) in [6.45, 7) is 0. The molecule has 8 rings (SSSR count). The number of benzene rings is 6. The standard InChI is InChI=1S/C36H22N4O/c1-2-10-23(11-3-1)24-18-20-25(21-19-24)33-38-34(40-35(39-33)36-37-31-16-8-9-17-32(31)41-36)30-22-26-12-4-5-13-27(26)28-14-6-7-15-29(28)30/h1-22H. The summed E-state index contributed by atoms with van der Waals surface area (Å²) in [5.41, 5.74) is 5.55. The second-order valence-corrected chi connectivity index (χ2v) is 9.93. The summed E-state index contributed by atoms with van der Waals surface area (Å²) in [6.07, 6.45) is 0. The smallest absolute Gasteiger partial charge is 0.266 e. The van der Waals surface area contributed by atoms with Gasteiger partial charge in [-0.05, 0) is 50.9 Å². The van der Waals surface area contributed by atoms with Crippen LogP contribution >= 0.6 is 0 Å². The maximum Gasteiger partial charge on any atom is 0.266 e. The SMILES string of the molecule is c1ccc(-c2ccc(-c3nc(-c4nc5ccccc5o4)nc(-c4cc5ccccc5c5ccccc45)n3)cc2)cc1. The number of rotatable bonds is 4. The van der Waals surface area contributed by atoms with Crippen LogP contribution in [0.3, 0.4) is 0 Å². The van der Waals surface area contributed by atoms with Crippen molar-refractivity contribution in [3.05, 3.63) is 133 Å². The van der Waals surface area contributed by atoms with E-state index in [0.717, 1.165) is 43.9 Å². The van der Waals surface area contributed by atoms with E-state index in [1.54, 1.807) is 0 Å². The zero-order valence-corrected chi connectivity index (χ0v) is 21.9. The molecule has 0 N–H and O–H groups in total. The molecule has 192 valence electrons. The van der Waals surface area contributed by atoms with E-state index in [9.17, 15) is 0 Å². The van der Waals surface area contributed by atoms with Gasteiger partial charge in [-0.1, -0.05) is 115 Å². The van der Waals surface area contributed by atoms with E-state index < -0.39 is 0 Å². The number of para-hydroxylation sites is 2. The first-order chi connectivity index (χ1) is 20.3. The Morgan fingerprint density at radius 1 is 0.415 bits per heavy atom. The lowest BCUT2D eigenvalue weighted by Gasteiger charge is -2.12. The Bertz CT molecular complexity index is 2170. The summed E-state index contributed by atoms with van der Waals surface area (Å²) in [5.74, 6) is 1.89. The third kappa shape index (κ3) is 4.12. The van der Waals surface area contributed by atoms with Crippen molar-refractivity contribution in [1.29, 1.82) is 0 Å². The van der Waals surface area contributed by atoms with E-state index in [1.807, 2.05) is 48.5 Å². The second kappa shape index (κ2) is 9.50. The zero-order valence-electron chi connectivity index (χ0n) is 21.9. The number of aromatic nitrogens is 4. The zero-order chi connectivity index (χ0) is 27.2. The first-order valence-electron chi connectivity index (χ1n) is 13.5. The molecule has 5 nitrogen and oxygen atoms in total. The summed E-state index contributed by atoms with van der Waals surface area (Å²) in [7, 11) is 0. The van der Waals surface area contributed by atoms with Crippen molar-refractivity contribution in [2.75, 3.05) is 0 Å². The maximum absolute atomic E-state index is 6.11. The van der Waals surface area contributed by atoms with Crippen LogP contribution in [0.25, 0.3) is 78.3 Å². The number of hydrogen-bond acceptors (Lipinski definition) is 5. The maximum atomic E-state index is 6.11. The summed E-state index contributed by atoms with van der Waals surface area (Å²) in [4.78, 5) is 19.5. The molecular weight excluding hydrogens is 504 g/mol. The largest absolute Gasteiger partial charge is 0.434 e. The Balaban J connectivity index is 1.35. The molecule has 0 fully saturated rings. The molecule has 0 radical (unpaired) electrons. The average molecular weight is 527 g/mol. The van der Waals surface area contributed by atoms with Crippen molar-refractivity contribution < 1.29 is 4.42 Å². The highest BCUT2D eigenvalue weighted by atomic mass is 16.3. The minimum absolute atomic E-state index is 0.363. The molecule has 5 heteroatoms. The lowest BCUT2D eigenvalue weighted by Crippen LogP contribution is -2.01. The highest BCUT2D eigenvalue weighted by Gasteiger charge is 2.19. The lowest BCUT2D eigenvalue weighted by molar-refractivity contribution is 0.612. The van der Waals surface area contributed by atoms with Gasteiger partial charge in [-0.15, -0.1) is 0 Å². The van der Waals surface area contributed by atoms with E-state index in [4.69, 9.17) is 24.4 Å². The molecule has 6 aromatic carbocycles. The highest BCUT2D eigenvalue weighted by Crippen LogP contribution is 2.35. The van der Waals surface area contributed by atoms with Crippen LogP contribution in [0, 0.1) is 0 Å². The molecule has 0 amide bonds. The van der Waals surface area contributed by atoms with Crippen LogP contribution in [-0.4, -0.2) is 19.9 Å². The van der Waals surface area contributed by atoms with E-state index >= 15 is 0 Å². The van der Waals surface area contributed by atoms with Gasteiger partial charge >= 0.3 is 0 Å². The molecule has 41 heavy (non-hydrogen) atoms. The Morgan fingerprint density at radius 2 is 1.02 bits per heavy atom. The summed E-state index contributed by atoms with van der Waals surface area (Å²) in [6, 6.07) is 45.2. The Labute approximate surface area is 235 Å². The van der Waals surface area contributed by atoms with Gasteiger partial charge in [0.2, 0.25) is 5.82 Å². The summed E-state index contributed by atoms with van der Waals surface area (Å²) >= 11 is 0. The normalized spacial score (nSPS) is 11.4. The summed E-state index contributed by atoms with van der Waals surface area (Å²) < 4.78 is 6.11. The first-order valence-corrected chi connectivity index (χ1v) is 13.5. The molecule has 0 atom stereocenters. The van der Waals surface area contributed by atoms with Crippen LogP contribution in [0.1, 0.15) is 0 Å². The summed E-state index contributed by atoms with van der Waals surface area (Å²) in [5, 5.41) is 4.54. The van der Waals surface area contributed by atoms with Crippen LogP contribution in [0.4, 0.5) is 0 Å². The number of fused-ring (bicyclic) bond motifs is 4. The molecule has 0 saturated carbocycles. The van der Waals surface area contributed by atoms with Crippen LogP contribution in [-0.2, 0) is 0 Å². The van der Waals surface area contributed by atoms with Crippen molar-refractivity contribution in [1.82, 2.24) is 19.9 Å². The van der Waals surface area contributed by atoms with Gasteiger partial charge in [0.05, 0.1) is 0 Å². The van der Waals surface area contributed by atoms with E-state index in [-0.39, 0.29) is 0 Å². The third-order valence-electron chi connectivity index (χ3n) is 7.38. The Kier molecular flexibility index (Phi) is 5.38. The minimum atomic E-state index is 0.363. The molecule has 0 spiro atoms. The van der Waals surface area contributed by atoms with Gasteiger partial charge in [0, 0.05) is 11.1 Å². The fraction of sp³-hybridized carbons (Fsp3) is 0. The topological polar surface area (TPSA) is 64.7 Å². The molecule has 0 bridgehead atoms. The monoisotopic (exact) mass is 526 g/mol. The van der Waals surface area contributed by atoms with Gasteiger partial charge in [0.25, 0.3) is 5.89 Å². The van der Waals surface area contributed by atoms with E-state index in [1.165, 1.54) is 5.39 Å². The molecule has 0 aliphatic heterocycles. The fourth-order valence-electron chi connectivity index (χ4n) is 5.37. The van der Waals surface area contributed by atoms with Gasteiger partial charge in [-0.2, -0.15) is 0 Å². The van der Waals surface area contributed by atoms with Gasteiger partial charge in [-0.25, -0.2) is 19.9 Å². The van der Waals surface area contributed by atoms with Gasteiger partial charge < -0.3 is 4.42 Å². The molecule has 0 saturated heterocycles. The molecule has 0 aliphatic carbocycles. The molecule has 8 aromatic rings. The molecular formula is C36H22N4O. The first kappa shape index (κ1) is 23.2. The average Bonchev–Trinajstić information content (AvgIpc) is 3.49. The van der Waals surface area contributed by atoms with Gasteiger partial charge in [0.1, 0.15) is 5.52 Å². The molecule has 2 aromatic heterocycles. The number of hydrogen-bond donors (Lipinski definition) is 0. The van der Waals surface area contributed by atoms with Crippen molar-refractivity contribution in [2.24, 2.45) is 0 Å². The Hall–Kier alpha value is -5.68. The molecule has 0 unspecified atom stereocenters. The Morgan fingerprint density at radius 3 is 1.85 bits per heavy atom. The quantitative estimate of drug-likeness (QED) is 0.214. The van der Waals surface area contributed by atoms with Gasteiger partial charge in [0.15, 0.2) is 17.2 Å². The van der Waals surface area contributed by atoms with Crippen LogP contribution < -0.4 is 0 Å². The predicted molar refractivity (Wildman–Crippen MR) is 164 cm³/mol. The lowest BCUT2D eigenvalue weighted by atomic mass is 9.97. The van der Waals surface area contributed by atoms with Crippen LogP contribution in [0.15, 0.2) is 138 Å². The van der Waals surface area contributed by atoms with Crippen molar-refractivity contribution in [2.45, 2.75) is 0 Å². The predicted octanol–water partition coefficient (Wildman–Crippen LogP) is 8.99. The van der Waals surface area contributed by atoms with Crippen molar-refractivity contribution in [3.8, 4) is 45.6 Å². The number of nitrogens with zero attached hydrogens (tertiary/aromatic N) is 4. The minimum Gasteiger partial charge on any atom is -0.434 e. The van der Waals surface area contributed by atoms with E-state index in [2.05, 4.69) is 84.9 Å². The fourth-order valence-corrected chi connectivity index (χ4v) is 5.37. The van der Waals surface area contributed by atoms with Crippen molar-refractivity contribution in [3.63, 3.8) is 0 Å². The van der Waals surface area contributed by atoms with Crippen molar-refractivity contribution >= 4 is 32.6 Å². The van der Waals surface area contributed by atoms with Crippen LogP contribution in [0.2, 0.25) is 0 Å². The highest BCUT2D eigenvalue weighted by molar-refractivity contribution is 6.13. The molecule has 2 heterocycles. The van der Waals surface area contributed by atoms with Gasteiger partial charge in [-0.3, -0.25) is 0 Å².